The van der Waals surface area contributed by atoms with Crippen molar-refractivity contribution in [2.24, 2.45) is 0 Å². The summed E-state index contributed by atoms with van der Waals surface area (Å²) in [4.78, 5) is 19.7. The van der Waals surface area contributed by atoms with Crippen LogP contribution in [0.25, 0.3) is 22.4 Å². The largest absolute Gasteiger partial charge is 0.456 e. The van der Waals surface area contributed by atoms with Gasteiger partial charge in [0.15, 0.2) is 0 Å². The van der Waals surface area contributed by atoms with Crippen LogP contribution >= 0.6 is 0 Å². The number of aliphatic hydroxyl groups is 1. The van der Waals surface area contributed by atoms with E-state index in [1.54, 1.807) is 6.20 Å². The van der Waals surface area contributed by atoms with Gasteiger partial charge in [-0.05, 0) is 32.9 Å². The van der Waals surface area contributed by atoms with Crippen molar-refractivity contribution in [2.45, 2.75) is 33.0 Å². The molecule has 120 valence electrons. The maximum atomic E-state index is 12.4. The number of rotatable bonds is 3. The molecule has 23 heavy (non-hydrogen) atoms. The lowest BCUT2D eigenvalue weighted by atomic mass is 10.1. The number of carbonyl (C=O) groups excluding carboxylic acids is 1. The number of carbonyl (C=O) groups is 1. The summed E-state index contributed by atoms with van der Waals surface area (Å²) in [5, 5.41) is 9.83. The van der Waals surface area contributed by atoms with Gasteiger partial charge in [-0.2, -0.15) is 0 Å². The van der Waals surface area contributed by atoms with Gasteiger partial charge in [0.05, 0.1) is 12.2 Å². The summed E-state index contributed by atoms with van der Waals surface area (Å²) in [6.45, 7) is 5.26. The summed E-state index contributed by atoms with van der Waals surface area (Å²) in [7, 11) is 0. The molecule has 0 fully saturated rings. The minimum absolute atomic E-state index is 0.203. The zero-order chi connectivity index (χ0) is 16.6. The Balaban J connectivity index is 2.12. The molecular formula is C17H18N2O4. The van der Waals surface area contributed by atoms with E-state index < -0.39 is 11.6 Å². The average molecular weight is 314 g/mol. The number of oxazole rings is 1. The molecule has 3 aromatic rings. The summed E-state index contributed by atoms with van der Waals surface area (Å²) in [5.74, 6) is -0.0609. The lowest BCUT2D eigenvalue weighted by molar-refractivity contribution is 0.00719. The van der Waals surface area contributed by atoms with Crippen molar-refractivity contribution in [3.63, 3.8) is 0 Å². The van der Waals surface area contributed by atoms with E-state index in [0.717, 1.165) is 5.52 Å². The Hall–Kier alpha value is -2.60. The monoisotopic (exact) mass is 314 g/mol. The van der Waals surface area contributed by atoms with Gasteiger partial charge in [0.2, 0.25) is 5.89 Å². The first-order valence-corrected chi connectivity index (χ1v) is 7.28. The second kappa shape index (κ2) is 5.55. The van der Waals surface area contributed by atoms with Crippen molar-refractivity contribution in [3.8, 4) is 11.5 Å². The first kappa shape index (κ1) is 15.3. The molecule has 0 aliphatic carbocycles. The highest BCUT2D eigenvalue weighted by molar-refractivity contribution is 6.09. The van der Waals surface area contributed by atoms with Gasteiger partial charge in [0.25, 0.3) is 0 Å². The van der Waals surface area contributed by atoms with Gasteiger partial charge in [-0.3, -0.25) is 0 Å². The Bertz CT molecular complexity index is 855. The van der Waals surface area contributed by atoms with Crippen molar-refractivity contribution < 1.29 is 19.1 Å². The van der Waals surface area contributed by atoms with Gasteiger partial charge in [0, 0.05) is 22.7 Å². The molecule has 3 rings (SSSR count). The highest BCUT2D eigenvalue weighted by Crippen LogP contribution is 2.31. The Labute approximate surface area is 133 Å². The third kappa shape index (κ3) is 2.98. The van der Waals surface area contributed by atoms with Crippen LogP contribution in [0.1, 0.15) is 36.8 Å². The minimum atomic E-state index is -0.581. The topological polar surface area (TPSA) is 88.4 Å². The molecular weight excluding hydrogens is 296 g/mol. The Morgan fingerprint density at radius 3 is 2.83 bits per heavy atom. The van der Waals surface area contributed by atoms with Crippen LogP contribution < -0.4 is 0 Å². The van der Waals surface area contributed by atoms with Crippen molar-refractivity contribution >= 4 is 16.9 Å². The van der Waals surface area contributed by atoms with Crippen molar-refractivity contribution in [1.29, 1.82) is 0 Å². The van der Waals surface area contributed by atoms with Crippen LogP contribution in [0.2, 0.25) is 0 Å². The Morgan fingerprint density at radius 1 is 1.39 bits per heavy atom. The van der Waals surface area contributed by atoms with Gasteiger partial charge in [-0.1, -0.05) is 6.07 Å². The fourth-order valence-electron chi connectivity index (χ4n) is 2.36. The smallest absolute Gasteiger partial charge is 0.340 e. The molecule has 6 nitrogen and oxygen atoms in total. The fourth-order valence-corrected chi connectivity index (χ4v) is 2.36. The Morgan fingerprint density at radius 2 is 2.17 bits per heavy atom. The zero-order valence-corrected chi connectivity index (χ0v) is 13.2. The van der Waals surface area contributed by atoms with E-state index in [-0.39, 0.29) is 6.61 Å². The predicted molar refractivity (Wildman–Crippen MR) is 84.9 cm³/mol. The second-order valence-corrected chi connectivity index (χ2v) is 6.23. The average Bonchev–Trinajstić information content (AvgIpc) is 3.11. The van der Waals surface area contributed by atoms with E-state index in [1.165, 1.54) is 6.26 Å². The zero-order valence-electron chi connectivity index (χ0n) is 13.2. The van der Waals surface area contributed by atoms with E-state index in [0.29, 0.717) is 28.1 Å². The molecule has 1 aromatic carbocycles. The van der Waals surface area contributed by atoms with Crippen LogP contribution in [0, 0.1) is 0 Å². The normalized spacial score (nSPS) is 11.8. The molecule has 2 N–H and O–H groups in total. The van der Waals surface area contributed by atoms with Crippen molar-refractivity contribution in [1.82, 2.24) is 9.97 Å². The molecule has 0 atom stereocenters. The molecule has 0 spiro atoms. The van der Waals surface area contributed by atoms with Crippen LogP contribution in [0.3, 0.4) is 0 Å². The first-order valence-electron chi connectivity index (χ1n) is 7.28. The number of aromatic amines is 1. The van der Waals surface area contributed by atoms with Crippen LogP contribution in [0.15, 0.2) is 35.1 Å². The predicted octanol–water partition coefficient (Wildman–Crippen LogP) is 3.27. The lowest BCUT2D eigenvalue weighted by Gasteiger charge is -2.19. The highest BCUT2D eigenvalue weighted by atomic mass is 16.6. The molecule has 0 aliphatic heterocycles. The van der Waals surface area contributed by atoms with Gasteiger partial charge in [-0.25, -0.2) is 9.78 Å². The molecule has 0 amide bonds. The van der Waals surface area contributed by atoms with Gasteiger partial charge in [-0.15, -0.1) is 0 Å². The maximum Gasteiger partial charge on any atom is 0.340 e. The highest BCUT2D eigenvalue weighted by Gasteiger charge is 2.23. The first-order chi connectivity index (χ1) is 10.9. The maximum absolute atomic E-state index is 12.4. The fraction of sp³-hybridized carbons (Fsp3) is 0.294. The van der Waals surface area contributed by atoms with E-state index in [2.05, 4.69) is 9.97 Å². The summed E-state index contributed by atoms with van der Waals surface area (Å²) in [5.41, 5.74) is 1.74. The number of nitrogens with zero attached hydrogens (tertiary/aromatic N) is 1. The number of benzene rings is 1. The van der Waals surface area contributed by atoms with Gasteiger partial charge < -0.3 is 19.2 Å². The van der Waals surface area contributed by atoms with Crippen LogP contribution in [-0.4, -0.2) is 26.6 Å². The lowest BCUT2D eigenvalue weighted by Crippen LogP contribution is -2.23. The van der Waals surface area contributed by atoms with Crippen LogP contribution in [-0.2, 0) is 11.3 Å². The number of esters is 1. The number of hydrogen-bond acceptors (Lipinski definition) is 5. The van der Waals surface area contributed by atoms with Crippen LogP contribution in [0.4, 0.5) is 0 Å². The molecule has 0 bridgehead atoms. The van der Waals surface area contributed by atoms with Gasteiger partial charge in [0.1, 0.15) is 17.6 Å². The minimum Gasteiger partial charge on any atom is -0.456 e. The Kier molecular flexibility index (Phi) is 3.69. The van der Waals surface area contributed by atoms with Crippen molar-refractivity contribution in [2.75, 3.05) is 0 Å². The summed E-state index contributed by atoms with van der Waals surface area (Å²) in [6.07, 6.45) is 3.02. The molecule has 2 heterocycles. The number of fused-ring (bicyclic) bond motifs is 1. The van der Waals surface area contributed by atoms with E-state index >= 15 is 0 Å². The van der Waals surface area contributed by atoms with E-state index in [1.807, 2.05) is 39.0 Å². The molecule has 0 aliphatic rings. The quantitative estimate of drug-likeness (QED) is 0.724. The van der Waals surface area contributed by atoms with Crippen molar-refractivity contribution in [3.05, 3.63) is 41.9 Å². The molecule has 0 saturated heterocycles. The third-order valence-corrected chi connectivity index (χ3v) is 3.27. The van der Waals surface area contributed by atoms with E-state index in [9.17, 15) is 4.79 Å². The van der Waals surface area contributed by atoms with E-state index in [4.69, 9.17) is 14.3 Å². The SMILES string of the molecule is CC(C)(C)OC(=O)c1c[nH]c2cccc(-c3nc(CO)co3)c12. The van der Waals surface area contributed by atoms with Crippen LogP contribution in [0.5, 0.6) is 0 Å². The molecule has 0 radical (unpaired) electrons. The molecule has 0 unspecified atom stereocenters. The summed E-state index contributed by atoms with van der Waals surface area (Å²) >= 11 is 0. The second-order valence-electron chi connectivity index (χ2n) is 6.23. The standard InChI is InChI=1S/C17H18N2O4/c1-17(2,3)23-16(21)12-7-18-13-6-4-5-11(14(12)13)15-19-10(8-20)9-22-15/h4-7,9,18,20H,8H2,1-3H3. The number of H-pyrrole nitrogens is 1. The molecule has 2 aromatic heterocycles. The van der Waals surface area contributed by atoms with Gasteiger partial charge >= 0.3 is 5.97 Å². The number of aromatic nitrogens is 2. The number of aliphatic hydroxyl groups excluding tert-OH is 1. The molecule has 6 heteroatoms. The third-order valence-electron chi connectivity index (χ3n) is 3.27. The number of ether oxygens (including phenoxy) is 1. The summed E-state index contributed by atoms with van der Waals surface area (Å²) in [6, 6.07) is 5.52. The number of hydrogen-bond donors (Lipinski definition) is 2. The number of nitrogens with one attached hydrogen (secondary N) is 1. The summed E-state index contributed by atoms with van der Waals surface area (Å²) < 4.78 is 10.9. The molecule has 0 saturated carbocycles.